The molecule has 2 bridgehead atoms. The van der Waals surface area contributed by atoms with Crippen molar-refractivity contribution in [2.45, 2.75) is 23.4 Å². The Labute approximate surface area is 193 Å². The van der Waals surface area contributed by atoms with Crippen LogP contribution < -0.4 is 5.32 Å². The number of amidine groups is 1. The van der Waals surface area contributed by atoms with Crippen molar-refractivity contribution in [2.24, 2.45) is 0 Å². The molecule has 3 fully saturated rings. The number of hydrogen-bond donors (Lipinski definition) is 2. The lowest BCUT2D eigenvalue weighted by molar-refractivity contribution is -0.134. The molecule has 2 unspecified atom stereocenters. The Hall–Kier alpha value is -2.58. The minimum absolute atomic E-state index is 0.0741. The van der Waals surface area contributed by atoms with Crippen LogP contribution in [0.1, 0.15) is 12.0 Å². The van der Waals surface area contributed by atoms with Crippen molar-refractivity contribution >= 4 is 40.8 Å². The number of halogens is 3. The van der Waals surface area contributed by atoms with Crippen LogP contribution in [0.3, 0.4) is 0 Å². The molecular weight excluding hydrogens is 454 g/mol. The van der Waals surface area contributed by atoms with Crippen molar-refractivity contribution in [3.8, 4) is 11.1 Å². The first-order chi connectivity index (χ1) is 15.4. The van der Waals surface area contributed by atoms with E-state index in [9.17, 15) is 13.6 Å². The lowest BCUT2D eigenvalue weighted by atomic mass is 9.86. The quantitative estimate of drug-likeness (QED) is 0.388. The molecule has 4 heterocycles. The Bertz CT molecular complexity index is 1150. The molecule has 2 aromatic rings. The third-order valence-corrected chi connectivity index (χ3v) is 7.68. The summed E-state index contributed by atoms with van der Waals surface area (Å²) >= 11 is 8.19. The van der Waals surface area contributed by atoms with Gasteiger partial charge in [-0.25, -0.2) is 8.78 Å². The van der Waals surface area contributed by atoms with Crippen LogP contribution in [0.5, 0.6) is 0 Å². The van der Waals surface area contributed by atoms with E-state index in [2.05, 4.69) is 11.9 Å². The highest BCUT2D eigenvalue weighted by atomic mass is 35.5. The highest BCUT2D eigenvalue weighted by Gasteiger charge is 2.47. The van der Waals surface area contributed by atoms with Crippen LogP contribution in [0, 0.1) is 17.0 Å². The number of nitrogens with zero attached hydrogens (tertiary/aromatic N) is 2. The molecule has 0 aliphatic carbocycles. The predicted molar refractivity (Wildman–Crippen MR) is 124 cm³/mol. The maximum atomic E-state index is 14.6. The Balaban J connectivity index is 1.52. The number of carbonyl (C=O) groups is 1. The largest absolute Gasteiger partial charge is 0.383 e. The highest BCUT2D eigenvalue weighted by Crippen LogP contribution is 2.47. The topological polar surface area (TPSA) is 59.4 Å². The van der Waals surface area contributed by atoms with Crippen molar-refractivity contribution in [1.82, 2.24) is 9.80 Å². The number of amides is 1. The smallest absolute Gasteiger partial charge is 0.246 e. The molecular formula is C23H21ClF2N4OS. The van der Waals surface area contributed by atoms with Gasteiger partial charge in [-0.1, -0.05) is 18.2 Å². The summed E-state index contributed by atoms with van der Waals surface area (Å²) in [5.74, 6) is -0.295. The first kappa shape index (κ1) is 21.3. The van der Waals surface area contributed by atoms with Gasteiger partial charge >= 0.3 is 0 Å². The molecule has 5 nitrogen and oxygen atoms in total. The Morgan fingerprint density at radius 2 is 2.03 bits per heavy atom. The Kier molecular flexibility index (Phi) is 5.37. The normalized spacial score (nSPS) is 21.3. The number of hydrogen-bond acceptors (Lipinski definition) is 4. The van der Waals surface area contributed by atoms with Crippen LogP contribution in [0.15, 0.2) is 41.8 Å². The van der Waals surface area contributed by atoms with Gasteiger partial charge in [0.15, 0.2) is 0 Å². The van der Waals surface area contributed by atoms with E-state index in [1.54, 1.807) is 22.7 Å². The number of thioether (sulfide) groups is 1. The van der Waals surface area contributed by atoms with Crippen molar-refractivity contribution in [3.63, 3.8) is 0 Å². The summed E-state index contributed by atoms with van der Waals surface area (Å²) in [6, 6.07) is 5.31. The molecule has 0 radical (unpaired) electrons. The van der Waals surface area contributed by atoms with Crippen molar-refractivity contribution in [1.29, 1.82) is 5.41 Å². The summed E-state index contributed by atoms with van der Waals surface area (Å²) in [6.45, 7) is 5.38. The number of benzene rings is 2. The second-order valence-corrected chi connectivity index (χ2v) is 9.64. The summed E-state index contributed by atoms with van der Waals surface area (Å²) in [5.41, 5.74) is 2.15. The molecule has 3 saturated heterocycles. The molecule has 2 aromatic carbocycles. The van der Waals surface area contributed by atoms with E-state index in [4.69, 9.17) is 17.0 Å². The van der Waals surface area contributed by atoms with Gasteiger partial charge in [0, 0.05) is 53.0 Å². The van der Waals surface area contributed by atoms with E-state index in [0.29, 0.717) is 41.6 Å². The average Bonchev–Trinajstić information content (AvgIpc) is 2.78. The number of piperidine rings is 1. The highest BCUT2D eigenvalue weighted by molar-refractivity contribution is 7.99. The molecule has 4 aliphatic heterocycles. The fourth-order valence-corrected chi connectivity index (χ4v) is 6.29. The number of piperazine rings is 1. The summed E-state index contributed by atoms with van der Waals surface area (Å²) < 4.78 is 28.1. The lowest BCUT2D eigenvalue weighted by Gasteiger charge is -2.57. The van der Waals surface area contributed by atoms with Gasteiger partial charge in [-0.05, 0) is 30.7 Å². The third-order valence-electron chi connectivity index (χ3n) is 6.28. The molecule has 2 atom stereocenters. The van der Waals surface area contributed by atoms with E-state index in [-0.39, 0.29) is 23.6 Å². The molecule has 32 heavy (non-hydrogen) atoms. The molecule has 9 heteroatoms. The Morgan fingerprint density at radius 3 is 2.72 bits per heavy atom. The zero-order valence-corrected chi connectivity index (χ0v) is 18.7. The lowest BCUT2D eigenvalue weighted by Crippen LogP contribution is -2.70. The van der Waals surface area contributed by atoms with Gasteiger partial charge in [0.1, 0.15) is 17.5 Å². The molecule has 166 valence electrons. The van der Waals surface area contributed by atoms with E-state index < -0.39 is 11.6 Å². The number of rotatable bonds is 3. The third kappa shape index (κ3) is 3.36. The summed E-state index contributed by atoms with van der Waals surface area (Å²) in [7, 11) is 0. The van der Waals surface area contributed by atoms with Crippen LogP contribution in [-0.2, 0) is 4.79 Å². The van der Waals surface area contributed by atoms with E-state index in [1.165, 1.54) is 18.2 Å². The summed E-state index contributed by atoms with van der Waals surface area (Å²) in [6.07, 6.45) is 2.26. The van der Waals surface area contributed by atoms with Gasteiger partial charge in [-0.3, -0.25) is 10.2 Å². The minimum atomic E-state index is -0.674. The van der Waals surface area contributed by atoms with Crippen LogP contribution in [0.2, 0.25) is 5.02 Å². The Morgan fingerprint density at radius 1 is 1.28 bits per heavy atom. The van der Waals surface area contributed by atoms with Crippen LogP contribution in [-0.4, -0.2) is 59.0 Å². The van der Waals surface area contributed by atoms with E-state index >= 15 is 0 Å². The summed E-state index contributed by atoms with van der Waals surface area (Å²) in [4.78, 5) is 16.6. The molecule has 6 rings (SSSR count). The molecule has 1 amide bonds. The van der Waals surface area contributed by atoms with Crippen molar-refractivity contribution in [3.05, 3.63) is 59.1 Å². The second kappa shape index (κ2) is 8.08. The number of carbonyl (C=O) groups excluding carboxylic acids is 1. The molecule has 4 aliphatic rings. The van der Waals surface area contributed by atoms with E-state index in [1.807, 2.05) is 4.90 Å². The summed E-state index contributed by atoms with van der Waals surface area (Å²) in [5, 5.41) is 12.6. The van der Waals surface area contributed by atoms with Gasteiger partial charge < -0.3 is 15.1 Å². The predicted octanol–water partition coefficient (Wildman–Crippen LogP) is 4.60. The van der Waals surface area contributed by atoms with Gasteiger partial charge in [0.25, 0.3) is 0 Å². The number of nitrogens with one attached hydrogen (secondary N) is 2. The SMILES string of the molecule is C=CC(=O)N1CC2CC(C1)N2C(=N)c1cc(Cl)c(-c2ccc(F)cc2F)c2c1NCCS2. The van der Waals surface area contributed by atoms with Crippen LogP contribution >= 0.6 is 23.4 Å². The second-order valence-electron chi connectivity index (χ2n) is 8.13. The standard InChI is InChI=1S/C23H21ClF2N4OS/c1-2-19(31)29-10-13-8-14(11-29)30(13)23(27)16-9-17(24)20(22-21(16)28-5-6-32-22)15-4-3-12(25)7-18(15)26/h2-4,7,9,13-14,27-28H,1,5-6,8,10-11H2. The maximum Gasteiger partial charge on any atom is 0.246 e. The zero-order valence-electron chi connectivity index (χ0n) is 17.1. The zero-order chi connectivity index (χ0) is 22.6. The van der Waals surface area contributed by atoms with Crippen molar-refractivity contribution < 1.29 is 13.6 Å². The van der Waals surface area contributed by atoms with Crippen LogP contribution in [0.4, 0.5) is 14.5 Å². The molecule has 2 N–H and O–H groups in total. The number of fused-ring (bicyclic) bond motifs is 3. The van der Waals surface area contributed by atoms with Crippen molar-refractivity contribution in [2.75, 3.05) is 30.7 Å². The fourth-order valence-electron chi connectivity index (χ4n) is 4.83. The van der Waals surface area contributed by atoms with Gasteiger partial charge in [0.05, 0.1) is 22.8 Å². The van der Waals surface area contributed by atoms with E-state index in [0.717, 1.165) is 28.8 Å². The molecule has 0 aromatic heterocycles. The monoisotopic (exact) mass is 474 g/mol. The molecule has 0 spiro atoms. The number of anilines is 1. The minimum Gasteiger partial charge on any atom is -0.383 e. The van der Waals surface area contributed by atoms with Gasteiger partial charge in [-0.2, -0.15) is 0 Å². The van der Waals surface area contributed by atoms with Gasteiger partial charge in [-0.15, -0.1) is 11.8 Å². The first-order valence-electron chi connectivity index (χ1n) is 10.4. The molecule has 0 saturated carbocycles. The van der Waals surface area contributed by atoms with Crippen LogP contribution in [0.25, 0.3) is 11.1 Å². The fraction of sp³-hybridized carbons (Fsp3) is 0.304. The average molecular weight is 475 g/mol. The first-order valence-corrected chi connectivity index (χ1v) is 11.7. The van der Waals surface area contributed by atoms with Gasteiger partial charge in [0.2, 0.25) is 5.91 Å². The maximum absolute atomic E-state index is 14.6.